The number of carbonyl (C=O) groups is 6. The maximum Gasteiger partial charge on any atom is 0.306 e. The molecule has 2 unspecified atom stereocenters. The molecule has 4 heterocycles. The van der Waals surface area contributed by atoms with Crippen LogP contribution in [0.25, 0.3) is 0 Å². The highest BCUT2D eigenvalue weighted by Gasteiger charge is 2.38. The number of carboxylic acid groups (broad SMARTS) is 1. The van der Waals surface area contributed by atoms with Crippen molar-refractivity contribution in [3.05, 3.63) is 155 Å². The summed E-state index contributed by atoms with van der Waals surface area (Å²) < 4.78 is 31.9. The lowest BCUT2D eigenvalue weighted by molar-refractivity contribution is -0.145. The molecular weight excluding hydrogens is 989 g/mol. The van der Waals surface area contributed by atoms with Crippen LogP contribution in [-0.2, 0) is 54.7 Å². The molecule has 4 aliphatic rings. The van der Waals surface area contributed by atoms with Crippen molar-refractivity contribution in [1.82, 2.24) is 0 Å². The Bertz CT molecular complexity index is 3260. The number of hydrogen-bond acceptors (Lipinski definition) is 15. The smallest absolute Gasteiger partial charge is 0.306 e. The van der Waals surface area contributed by atoms with E-state index in [0.29, 0.717) is 88.6 Å². The average Bonchev–Trinajstić information content (AvgIpc) is 3.97. The second kappa shape index (κ2) is 24.7. The molecule has 6 aromatic rings. The summed E-state index contributed by atoms with van der Waals surface area (Å²) in [6.07, 6.45) is 4.70. The third-order valence-electron chi connectivity index (χ3n) is 12.8. The first-order chi connectivity index (χ1) is 37.3. The van der Waals surface area contributed by atoms with Crippen LogP contribution >= 0.6 is 0 Å². The van der Waals surface area contributed by atoms with Crippen molar-refractivity contribution in [2.24, 2.45) is 9.98 Å². The van der Waals surface area contributed by atoms with Gasteiger partial charge in [0.05, 0.1) is 93.7 Å². The fourth-order valence-corrected chi connectivity index (χ4v) is 8.88. The number of nitrogens with zero attached hydrogens (tertiary/aromatic N) is 4. The number of nitrogen functional groups attached to an aromatic ring is 1. The molecule has 4 N–H and O–H groups in total. The van der Waals surface area contributed by atoms with Crippen LogP contribution in [0.1, 0.15) is 68.7 Å². The molecular formula is C58H56N6O13. The van der Waals surface area contributed by atoms with Crippen LogP contribution in [0.4, 0.5) is 34.1 Å². The summed E-state index contributed by atoms with van der Waals surface area (Å²) in [6.45, 7) is 0.749. The molecule has 396 valence electrons. The monoisotopic (exact) mass is 1040 g/mol. The number of nitrogens with one attached hydrogen (secondary N) is 1. The third-order valence-corrected chi connectivity index (χ3v) is 12.8. The fraction of sp³-hybridized carbons (Fsp3) is 0.241. The van der Waals surface area contributed by atoms with Crippen LogP contribution in [0.15, 0.2) is 131 Å². The number of rotatable bonds is 15. The number of methoxy groups -OCH3 is 4. The minimum Gasteiger partial charge on any atom is -0.493 e. The molecule has 0 saturated carbocycles. The predicted molar refractivity (Wildman–Crippen MR) is 289 cm³/mol. The maximum absolute atomic E-state index is 13.8. The van der Waals surface area contributed by atoms with E-state index in [1.807, 2.05) is 91.1 Å². The quantitative estimate of drug-likeness (QED) is 0.0644. The van der Waals surface area contributed by atoms with Gasteiger partial charge in [0.15, 0.2) is 23.0 Å². The molecule has 0 saturated heterocycles. The van der Waals surface area contributed by atoms with Gasteiger partial charge in [-0.25, -0.2) is 0 Å². The number of ether oxygens (including phenoxy) is 6. The van der Waals surface area contributed by atoms with Crippen LogP contribution in [0.5, 0.6) is 23.0 Å². The van der Waals surface area contributed by atoms with E-state index in [4.69, 9.17) is 29.8 Å². The minimum absolute atomic E-state index is 0.00350. The summed E-state index contributed by atoms with van der Waals surface area (Å²) in [5.74, 6) is -0.589. The molecule has 6 aromatic carbocycles. The first-order valence-electron chi connectivity index (χ1n) is 24.5. The molecule has 0 aliphatic carbocycles. The van der Waals surface area contributed by atoms with E-state index >= 15 is 0 Å². The van der Waals surface area contributed by atoms with Gasteiger partial charge in [-0.15, -0.1) is 0 Å². The van der Waals surface area contributed by atoms with Crippen molar-refractivity contribution in [2.45, 2.75) is 63.8 Å². The SMILES string of the molecule is COC(=O)CCC(=O)Nc1ccc2c(c1)N1C(=O)c3cc(OC)c(OCc4ccccc4)cc3N=CC1C2.COC(=O)CCC(=O)O.COc1cc2c(cc1OCc1ccccc1)N=CC1Cc3ccc(N)cc3N1C2=O. The Morgan fingerprint density at radius 2 is 1.05 bits per heavy atom. The average molecular weight is 1050 g/mol. The minimum atomic E-state index is -0.986. The zero-order valence-electron chi connectivity index (χ0n) is 42.7. The number of aliphatic imine (C=N–C) groups is 2. The molecule has 0 spiro atoms. The number of carbonyl (C=O) groups excluding carboxylic acids is 5. The van der Waals surface area contributed by atoms with E-state index in [9.17, 15) is 28.8 Å². The number of amides is 3. The van der Waals surface area contributed by atoms with Crippen molar-refractivity contribution in [3.63, 3.8) is 0 Å². The summed E-state index contributed by atoms with van der Waals surface area (Å²) in [5, 5.41) is 10.8. The molecule has 0 aromatic heterocycles. The summed E-state index contributed by atoms with van der Waals surface area (Å²) >= 11 is 0. The largest absolute Gasteiger partial charge is 0.493 e. The van der Waals surface area contributed by atoms with Crippen molar-refractivity contribution in [2.75, 3.05) is 49.3 Å². The summed E-state index contributed by atoms with van der Waals surface area (Å²) in [4.78, 5) is 83.7. The van der Waals surface area contributed by atoms with Crippen LogP contribution in [0, 0.1) is 0 Å². The van der Waals surface area contributed by atoms with Crippen molar-refractivity contribution in [3.8, 4) is 23.0 Å². The van der Waals surface area contributed by atoms with E-state index in [-0.39, 0.29) is 55.5 Å². The lowest BCUT2D eigenvalue weighted by Crippen LogP contribution is -2.37. The van der Waals surface area contributed by atoms with E-state index < -0.39 is 17.9 Å². The van der Waals surface area contributed by atoms with E-state index in [2.05, 4.69) is 24.8 Å². The highest BCUT2D eigenvalue weighted by molar-refractivity contribution is 6.16. The Hall–Kier alpha value is -9.52. The topological polar surface area (TPSA) is 247 Å². The lowest BCUT2D eigenvalue weighted by atomic mass is 10.1. The molecule has 0 bridgehead atoms. The Balaban J connectivity index is 0.000000179. The van der Waals surface area contributed by atoms with E-state index in [1.165, 1.54) is 21.3 Å². The van der Waals surface area contributed by atoms with Gasteiger partial charge in [0, 0.05) is 55.2 Å². The van der Waals surface area contributed by atoms with Gasteiger partial charge < -0.3 is 44.6 Å². The van der Waals surface area contributed by atoms with Crippen LogP contribution in [0.2, 0.25) is 0 Å². The number of fused-ring (bicyclic) bond motifs is 8. The normalized spacial score (nSPS) is 14.9. The zero-order valence-corrected chi connectivity index (χ0v) is 42.7. The predicted octanol–water partition coefficient (Wildman–Crippen LogP) is 8.62. The van der Waals surface area contributed by atoms with Gasteiger partial charge in [-0.3, -0.25) is 48.6 Å². The number of carboxylic acids is 1. The Labute approximate surface area is 443 Å². The van der Waals surface area contributed by atoms with Gasteiger partial charge in [-0.2, -0.15) is 0 Å². The summed E-state index contributed by atoms with van der Waals surface area (Å²) in [7, 11) is 5.61. The summed E-state index contributed by atoms with van der Waals surface area (Å²) in [5.41, 5.74) is 14.7. The van der Waals surface area contributed by atoms with E-state index in [0.717, 1.165) is 27.9 Å². The number of benzene rings is 6. The Kier molecular flexibility index (Phi) is 17.2. The number of hydrogen-bond donors (Lipinski definition) is 3. The Morgan fingerprint density at radius 3 is 1.52 bits per heavy atom. The van der Waals surface area contributed by atoms with Crippen molar-refractivity contribution in [1.29, 1.82) is 0 Å². The molecule has 3 amide bonds. The van der Waals surface area contributed by atoms with Crippen molar-refractivity contribution >= 4 is 82.2 Å². The first kappa shape index (κ1) is 53.8. The first-order valence-corrected chi connectivity index (χ1v) is 24.5. The molecule has 10 rings (SSSR count). The molecule has 4 aliphatic heterocycles. The van der Waals surface area contributed by atoms with Gasteiger partial charge in [-0.1, -0.05) is 72.8 Å². The lowest BCUT2D eigenvalue weighted by Gasteiger charge is -2.22. The molecule has 19 nitrogen and oxygen atoms in total. The van der Waals surface area contributed by atoms with E-state index in [1.54, 1.807) is 59.5 Å². The third kappa shape index (κ3) is 12.9. The Morgan fingerprint density at radius 1 is 0.584 bits per heavy atom. The molecule has 0 fully saturated rings. The van der Waals surface area contributed by atoms with Gasteiger partial charge in [0.25, 0.3) is 11.8 Å². The molecule has 2 atom stereocenters. The summed E-state index contributed by atoms with van der Waals surface area (Å²) in [6, 6.07) is 37.3. The fourth-order valence-electron chi connectivity index (χ4n) is 8.88. The van der Waals surface area contributed by atoms with Crippen molar-refractivity contribution < 1.29 is 62.3 Å². The second-order valence-electron chi connectivity index (χ2n) is 17.9. The maximum atomic E-state index is 13.8. The highest BCUT2D eigenvalue weighted by atomic mass is 16.5. The zero-order chi connectivity index (χ0) is 54.6. The van der Waals surface area contributed by atoms with Crippen LogP contribution in [0.3, 0.4) is 0 Å². The molecule has 77 heavy (non-hydrogen) atoms. The number of aliphatic carboxylic acids is 1. The van der Waals surface area contributed by atoms with Gasteiger partial charge in [-0.05, 0) is 58.7 Å². The second-order valence-corrected chi connectivity index (χ2v) is 17.9. The number of anilines is 4. The van der Waals surface area contributed by atoms with Crippen LogP contribution in [-0.4, -0.2) is 93.7 Å². The van der Waals surface area contributed by atoms with Gasteiger partial charge >= 0.3 is 17.9 Å². The van der Waals surface area contributed by atoms with Gasteiger partial charge in [0.2, 0.25) is 5.91 Å². The molecule has 0 radical (unpaired) electrons. The number of esters is 2. The standard InChI is InChI=1S/C29H27N3O6.C24H21N3O3.C5H8O4/c1-36-25-14-22-23(15-26(25)38-17-18-6-4-3-5-7-18)30-16-21-12-19-8-9-20(13-24(19)32(21)29(22)35)31-27(33)10-11-28(34)37-2;1-29-22-11-19-20(12-23(22)30-14-15-5-3-2-4-6-15)26-13-18-9-16-7-8-17(25)10-21(16)27(18)24(19)28;1-9-5(8)3-2-4(6)7/h3-9,13-16,21H,10-12,17H2,1-2H3,(H,31,33);2-8,10-13,18H,9,14,25H2,1H3;2-3H2,1H3,(H,6,7). The van der Waals surface area contributed by atoms with Gasteiger partial charge in [0.1, 0.15) is 13.2 Å². The van der Waals surface area contributed by atoms with Crippen LogP contribution < -0.4 is 39.8 Å². The number of nitrogens with two attached hydrogens (primary N) is 1. The highest BCUT2D eigenvalue weighted by Crippen LogP contribution is 2.44. The molecule has 19 heteroatoms.